The standard InChI is InChI=1S/C13H19N3O3/c1-4-8(2)11(13(18)19-3)16-12(17)10-6-5-9(14)7-15-10/h5-8,11H,4,14H2,1-3H3,(H,16,17). The van der Waals surface area contributed by atoms with Crippen molar-refractivity contribution in [3.8, 4) is 0 Å². The van der Waals surface area contributed by atoms with Crippen LogP contribution in [0.2, 0.25) is 0 Å². The molecule has 0 saturated heterocycles. The van der Waals surface area contributed by atoms with Gasteiger partial charge in [-0.05, 0) is 18.1 Å². The topological polar surface area (TPSA) is 94.3 Å². The highest BCUT2D eigenvalue weighted by atomic mass is 16.5. The number of esters is 1. The van der Waals surface area contributed by atoms with Gasteiger partial charge in [0.05, 0.1) is 19.0 Å². The predicted molar refractivity (Wildman–Crippen MR) is 71.4 cm³/mol. The van der Waals surface area contributed by atoms with Gasteiger partial charge >= 0.3 is 5.97 Å². The van der Waals surface area contributed by atoms with Gasteiger partial charge in [0, 0.05) is 0 Å². The summed E-state index contributed by atoms with van der Waals surface area (Å²) in [5, 5.41) is 2.64. The Morgan fingerprint density at radius 2 is 2.16 bits per heavy atom. The van der Waals surface area contributed by atoms with Gasteiger partial charge in [0.1, 0.15) is 11.7 Å². The van der Waals surface area contributed by atoms with Crippen LogP contribution >= 0.6 is 0 Å². The number of ether oxygens (including phenoxy) is 1. The molecule has 0 spiro atoms. The fraction of sp³-hybridized carbons (Fsp3) is 0.462. The van der Waals surface area contributed by atoms with Gasteiger partial charge in [-0.25, -0.2) is 9.78 Å². The lowest BCUT2D eigenvalue weighted by atomic mass is 9.99. The molecular weight excluding hydrogens is 246 g/mol. The third kappa shape index (κ3) is 3.94. The molecule has 0 radical (unpaired) electrons. The van der Waals surface area contributed by atoms with E-state index >= 15 is 0 Å². The third-order valence-corrected chi connectivity index (χ3v) is 2.97. The van der Waals surface area contributed by atoms with Gasteiger partial charge in [0.25, 0.3) is 5.91 Å². The summed E-state index contributed by atoms with van der Waals surface area (Å²) in [5.74, 6) is -0.904. The van der Waals surface area contributed by atoms with Crippen LogP contribution in [0, 0.1) is 5.92 Å². The second-order valence-corrected chi connectivity index (χ2v) is 4.34. The predicted octanol–water partition coefficient (Wildman–Crippen LogP) is 0.981. The number of carbonyl (C=O) groups excluding carboxylic acids is 2. The van der Waals surface area contributed by atoms with Crippen LogP contribution in [-0.2, 0) is 9.53 Å². The molecule has 0 aliphatic rings. The molecular formula is C13H19N3O3. The molecule has 0 fully saturated rings. The number of aromatic nitrogens is 1. The monoisotopic (exact) mass is 265 g/mol. The SMILES string of the molecule is CCC(C)C(NC(=O)c1ccc(N)cn1)C(=O)OC. The maximum atomic E-state index is 12.0. The Kier molecular flexibility index (Phi) is 5.29. The average molecular weight is 265 g/mol. The second kappa shape index (κ2) is 6.72. The third-order valence-electron chi connectivity index (χ3n) is 2.97. The van der Waals surface area contributed by atoms with Crippen LogP contribution in [0.5, 0.6) is 0 Å². The minimum Gasteiger partial charge on any atom is -0.467 e. The van der Waals surface area contributed by atoms with Gasteiger partial charge in [0.15, 0.2) is 0 Å². The van der Waals surface area contributed by atoms with E-state index in [1.165, 1.54) is 19.4 Å². The first kappa shape index (κ1) is 14.9. The van der Waals surface area contributed by atoms with E-state index in [1.807, 2.05) is 13.8 Å². The van der Waals surface area contributed by atoms with Crippen molar-refractivity contribution in [1.82, 2.24) is 10.3 Å². The van der Waals surface area contributed by atoms with E-state index in [1.54, 1.807) is 6.07 Å². The molecule has 6 nitrogen and oxygen atoms in total. The van der Waals surface area contributed by atoms with Crippen molar-refractivity contribution in [2.24, 2.45) is 5.92 Å². The number of methoxy groups -OCH3 is 1. The van der Waals surface area contributed by atoms with Crippen LogP contribution < -0.4 is 11.1 Å². The van der Waals surface area contributed by atoms with Gasteiger partial charge in [-0.3, -0.25) is 4.79 Å². The summed E-state index contributed by atoms with van der Waals surface area (Å²) in [6.07, 6.45) is 2.14. The summed E-state index contributed by atoms with van der Waals surface area (Å²) < 4.78 is 4.70. The molecule has 1 heterocycles. The molecule has 1 aromatic rings. The van der Waals surface area contributed by atoms with E-state index in [9.17, 15) is 9.59 Å². The number of nitrogens with zero attached hydrogens (tertiary/aromatic N) is 1. The molecule has 1 aromatic heterocycles. The smallest absolute Gasteiger partial charge is 0.328 e. The Bertz CT molecular complexity index is 445. The van der Waals surface area contributed by atoms with Crippen molar-refractivity contribution in [3.05, 3.63) is 24.0 Å². The summed E-state index contributed by atoms with van der Waals surface area (Å²) in [6.45, 7) is 3.81. The molecule has 0 aromatic carbocycles. The number of carbonyl (C=O) groups is 2. The van der Waals surface area contributed by atoms with E-state index in [4.69, 9.17) is 10.5 Å². The Hall–Kier alpha value is -2.11. The van der Waals surface area contributed by atoms with Crippen LogP contribution in [0.15, 0.2) is 18.3 Å². The minimum absolute atomic E-state index is 0.0230. The zero-order valence-electron chi connectivity index (χ0n) is 11.3. The molecule has 0 aliphatic heterocycles. The maximum Gasteiger partial charge on any atom is 0.328 e. The van der Waals surface area contributed by atoms with Gasteiger partial charge in [0.2, 0.25) is 0 Å². The van der Waals surface area contributed by atoms with Gasteiger partial charge in [-0.1, -0.05) is 20.3 Å². The van der Waals surface area contributed by atoms with E-state index < -0.39 is 17.9 Å². The first-order valence-electron chi connectivity index (χ1n) is 6.09. The number of anilines is 1. The lowest BCUT2D eigenvalue weighted by Gasteiger charge is -2.21. The Morgan fingerprint density at radius 1 is 1.47 bits per heavy atom. The molecule has 1 amide bonds. The fourth-order valence-electron chi connectivity index (χ4n) is 1.55. The van der Waals surface area contributed by atoms with Crippen molar-refractivity contribution in [3.63, 3.8) is 0 Å². The number of amides is 1. The van der Waals surface area contributed by atoms with Gasteiger partial charge in [-0.2, -0.15) is 0 Å². The zero-order valence-corrected chi connectivity index (χ0v) is 11.3. The van der Waals surface area contributed by atoms with Crippen molar-refractivity contribution >= 4 is 17.6 Å². The van der Waals surface area contributed by atoms with Crippen LogP contribution in [0.4, 0.5) is 5.69 Å². The number of nitrogens with one attached hydrogen (secondary N) is 1. The second-order valence-electron chi connectivity index (χ2n) is 4.34. The number of nitrogen functional groups attached to an aromatic ring is 1. The molecule has 0 saturated carbocycles. The molecule has 19 heavy (non-hydrogen) atoms. The number of hydrogen-bond donors (Lipinski definition) is 2. The number of nitrogens with two attached hydrogens (primary N) is 1. The molecule has 0 bridgehead atoms. The van der Waals surface area contributed by atoms with Crippen LogP contribution in [0.25, 0.3) is 0 Å². The van der Waals surface area contributed by atoms with Crippen molar-refractivity contribution in [1.29, 1.82) is 0 Å². The molecule has 1 rings (SSSR count). The normalized spacial score (nSPS) is 13.4. The van der Waals surface area contributed by atoms with Crippen LogP contribution in [-0.4, -0.2) is 30.0 Å². The quantitative estimate of drug-likeness (QED) is 0.774. The highest BCUT2D eigenvalue weighted by Gasteiger charge is 2.27. The van der Waals surface area contributed by atoms with Gasteiger partial charge < -0.3 is 15.8 Å². The zero-order chi connectivity index (χ0) is 14.4. The van der Waals surface area contributed by atoms with E-state index in [0.29, 0.717) is 5.69 Å². The van der Waals surface area contributed by atoms with Gasteiger partial charge in [-0.15, -0.1) is 0 Å². The summed E-state index contributed by atoms with van der Waals surface area (Å²) in [4.78, 5) is 27.6. The Labute approximate surface area is 112 Å². The van der Waals surface area contributed by atoms with Crippen LogP contribution in [0.1, 0.15) is 30.8 Å². The minimum atomic E-state index is -0.679. The molecule has 0 aliphatic carbocycles. The molecule has 3 N–H and O–H groups in total. The number of rotatable bonds is 5. The summed E-state index contributed by atoms with van der Waals surface area (Å²) in [5.41, 5.74) is 6.19. The first-order chi connectivity index (χ1) is 8.99. The molecule has 2 unspecified atom stereocenters. The maximum absolute atomic E-state index is 12.0. The Morgan fingerprint density at radius 3 is 2.63 bits per heavy atom. The molecule has 2 atom stereocenters. The highest BCUT2D eigenvalue weighted by molar-refractivity contribution is 5.95. The van der Waals surface area contributed by atoms with Crippen molar-refractivity contribution in [2.75, 3.05) is 12.8 Å². The van der Waals surface area contributed by atoms with Crippen molar-refractivity contribution in [2.45, 2.75) is 26.3 Å². The van der Waals surface area contributed by atoms with Crippen molar-refractivity contribution < 1.29 is 14.3 Å². The lowest BCUT2D eigenvalue weighted by Crippen LogP contribution is -2.45. The lowest BCUT2D eigenvalue weighted by molar-refractivity contribution is -0.144. The average Bonchev–Trinajstić information content (AvgIpc) is 2.43. The largest absolute Gasteiger partial charge is 0.467 e. The van der Waals surface area contributed by atoms with E-state index in [0.717, 1.165) is 6.42 Å². The molecule has 104 valence electrons. The summed E-state index contributed by atoms with van der Waals surface area (Å²) >= 11 is 0. The fourth-order valence-corrected chi connectivity index (χ4v) is 1.55. The Balaban J connectivity index is 2.81. The van der Waals surface area contributed by atoms with E-state index in [-0.39, 0.29) is 11.6 Å². The molecule has 6 heteroatoms. The summed E-state index contributed by atoms with van der Waals surface area (Å²) in [7, 11) is 1.30. The number of hydrogen-bond acceptors (Lipinski definition) is 5. The highest BCUT2D eigenvalue weighted by Crippen LogP contribution is 2.10. The number of pyridine rings is 1. The first-order valence-corrected chi connectivity index (χ1v) is 6.09. The summed E-state index contributed by atoms with van der Waals surface area (Å²) in [6, 6.07) is 2.41. The van der Waals surface area contributed by atoms with E-state index in [2.05, 4.69) is 10.3 Å². The van der Waals surface area contributed by atoms with Crippen LogP contribution in [0.3, 0.4) is 0 Å².